The summed E-state index contributed by atoms with van der Waals surface area (Å²) in [7, 11) is 0. The summed E-state index contributed by atoms with van der Waals surface area (Å²) < 4.78 is 18.9. The summed E-state index contributed by atoms with van der Waals surface area (Å²) >= 11 is -2.31. The van der Waals surface area contributed by atoms with Crippen molar-refractivity contribution < 1.29 is 65.3 Å². The fourth-order valence-corrected chi connectivity index (χ4v) is 0. The van der Waals surface area contributed by atoms with Gasteiger partial charge in [0.15, 0.2) is 0 Å². The van der Waals surface area contributed by atoms with Crippen molar-refractivity contribution in [2.45, 2.75) is 12.4 Å². The molecule has 1 N–H and O–H groups in total. The van der Waals surface area contributed by atoms with Gasteiger partial charge in [-0.1, -0.05) is 0 Å². The third-order valence-electron chi connectivity index (χ3n) is 0.279. The smallest absolute Gasteiger partial charge is 0.770 e. The van der Waals surface area contributed by atoms with Gasteiger partial charge in [0.2, 0.25) is 0 Å². The minimum absolute atomic E-state index is 0. The fraction of sp³-hybridized carbons (Fsp3) is 1.00. The molecule has 0 aromatic rings. The van der Waals surface area contributed by atoms with Crippen LogP contribution >= 0.6 is 0 Å². The molecule has 0 aliphatic carbocycles. The summed E-state index contributed by atoms with van der Waals surface area (Å²) in [6.45, 7) is 1.18. The monoisotopic (exact) mass is 148 g/mol. The molecule has 0 radical (unpaired) electrons. The van der Waals surface area contributed by atoms with Crippen molar-refractivity contribution in [3.63, 3.8) is 0 Å². The molecule has 2 atom stereocenters. The second kappa shape index (κ2) is 5.84. The van der Waals surface area contributed by atoms with E-state index in [-0.39, 0.29) is 51.4 Å². The Morgan fingerprint density at radius 1 is 1.86 bits per heavy atom. The van der Waals surface area contributed by atoms with E-state index >= 15 is 0 Å². The standard InChI is InChI=1S/C2H6O3S.K/c1-2(3)6(4)5;/h2-3H,1H3,(H,4,5);/q;+1/p-1. The topological polar surface area (TPSA) is 60.4 Å². The maximum absolute atomic E-state index is 9.45. The maximum atomic E-state index is 9.45. The molecular formula is C2H5KO3S. The average Bonchev–Trinajstić information content (AvgIpc) is 1.36. The van der Waals surface area contributed by atoms with E-state index in [2.05, 4.69) is 0 Å². The van der Waals surface area contributed by atoms with Gasteiger partial charge in [0.25, 0.3) is 0 Å². The predicted molar refractivity (Wildman–Crippen MR) is 20.6 cm³/mol. The molecule has 0 bridgehead atoms. The van der Waals surface area contributed by atoms with Gasteiger partial charge < -0.3 is 9.66 Å². The molecule has 0 fully saturated rings. The van der Waals surface area contributed by atoms with Crippen molar-refractivity contribution in [3.8, 4) is 0 Å². The van der Waals surface area contributed by atoms with Crippen molar-refractivity contribution in [1.29, 1.82) is 0 Å². The van der Waals surface area contributed by atoms with Gasteiger partial charge in [0.05, 0.1) is 0 Å². The van der Waals surface area contributed by atoms with Crippen LogP contribution < -0.4 is 51.4 Å². The molecule has 38 valence electrons. The molecule has 0 spiro atoms. The maximum Gasteiger partial charge on any atom is 1.00 e. The van der Waals surface area contributed by atoms with Gasteiger partial charge >= 0.3 is 51.4 Å². The van der Waals surface area contributed by atoms with Crippen molar-refractivity contribution in [3.05, 3.63) is 0 Å². The van der Waals surface area contributed by atoms with Crippen LogP contribution in [0.5, 0.6) is 0 Å². The van der Waals surface area contributed by atoms with Gasteiger partial charge in [-0.2, -0.15) is 0 Å². The minimum Gasteiger partial charge on any atom is -0.770 e. The SMILES string of the molecule is CC(O)S(=O)[O-].[K+]. The number of aliphatic hydroxyl groups is 1. The Morgan fingerprint density at radius 2 is 2.00 bits per heavy atom. The van der Waals surface area contributed by atoms with Gasteiger partial charge in [0, 0.05) is 0 Å². The van der Waals surface area contributed by atoms with Crippen LogP contribution in [0.25, 0.3) is 0 Å². The third kappa shape index (κ3) is 7.71. The number of hydrogen-bond donors (Lipinski definition) is 1. The van der Waals surface area contributed by atoms with Crippen LogP contribution in [0, 0.1) is 0 Å². The number of aliphatic hydroxyl groups excluding tert-OH is 1. The van der Waals surface area contributed by atoms with Crippen LogP contribution in [0.1, 0.15) is 6.92 Å². The van der Waals surface area contributed by atoms with Crippen LogP contribution in [0.15, 0.2) is 0 Å². The first-order valence-electron chi connectivity index (χ1n) is 1.40. The van der Waals surface area contributed by atoms with Gasteiger partial charge in [-0.3, -0.25) is 4.21 Å². The largest absolute Gasteiger partial charge is 1.00 e. The Morgan fingerprint density at radius 3 is 2.00 bits per heavy atom. The van der Waals surface area contributed by atoms with Gasteiger partial charge in [-0.05, 0) is 18.0 Å². The normalized spacial score (nSPS) is 17.0. The minimum atomic E-state index is -2.31. The average molecular weight is 148 g/mol. The van der Waals surface area contributed by atoms with E-state index in [1.807, 2.05) is 0 Å². The molecule has 0 aromatic carbocycles. The Balaban J connectivity index is 0. The van der Waals surface area contributed by atoms with Crippen LogP contribution in [-0.2, 0) is 11.1 Å². The molecule has 3 nitrogen and oxygen atoms in total. The zero-order valence-electron chi connectivity index (χ0n) is 4.25. The molecule has 0 aromatic heterocycles. The van der Waals surface area contributed by atoms with Crippen molar-refractivity contribution >= 4 is 11.1 Å². The van der Waals surface area contributed by atoms with Crippen molar-refractivity contribution in [2.75, 3.05) is 0 Å². The van der Waals surface area contributed by atoms with Crippen molar-refractivity contribution in [2.24, 2.45) is 0 Å². The summed E-state index contributed by atoms with van der Waals surface area (Å²) in [5.74, 6) is 0. The second-order valence-corrected chi connectivity index (χ2v) is 2.06. The second-order valence-electron chi connectivity index (χ2n) is 0.860. The predicted octanol–water partition coefficient (Wildman–Crippen LogP) is -3.79. The van der Waals surface area contributed by atoms with E-state index in [9.17, 15) is 8.76 Å². The fourth-order valence-electron chi connectivity index (χ4n) is 0. The Kier molecular flexibility index (Phi) is 9.58. The van der Waals surface area contributed by atoms with E-state index in [1.54, 1.807) is 0 Å². The molecule has 2 unspecified atom stereocenters. The summed E-state index contributed by atoms with van der Waals surface area (Å²) in [6, 6.07) is 0. The van der Waals surface area contributed by atoms with Crippen LogP contribution in [0.3, 0.4) is 0 Å². The van der Waals surface area contributed by atoms with E-state index < -0.39 is 16.5 Å². The Hall–Kier alpha value is 1.71. The zero-order valence-corrected chi connectivity index (χ0v) is 8.19. The quantitative estimate of drug-likeness (QED) is 0.306. The molecule has 5 heteroatoms. The molecule has 0 aliphatic heterocycles. The molecule has 7 heavy (non-hydrogen) atoms. The summed E-state index contributed by atoms with van der Waals surface area (Å²) in [5.41, 5.74) is -1.23. The van der Waals surface area contributed by atoms with Crippen LogP contribution in [0.2, 0.25) is 0 Å². The van der Waals surface area contributed by atoms with Crippen LogP contribution in [0.4, 0.5) is 0 Å². The molecule has 0 aliphatic rings. The molecule has 0 amide bonds. The van der Waals surface area contributed by atoms with E-state index in [1.165, 1.54) is 6.92 Å². The Labute approximate surface area is 87.2 Å². The van der Waals surface area contributed by atoms with Gasteiger partial charge in [-0.25, -0.2) is 0 Å². The van der Waals surface area contributed by atoms with Gasteiger partial charge in [0.1, 0.15) is 5.44 Å². The molecule has 0 rings (SSSR count). The summed E-state index contributed by atoms with van der Waals surface area (Å²) in [5, 5.41) is 8.02. The summed E-state index contributed by atoms with van der Waals surface area (Å²) in [4.78, 5) is 0. The molecule has 0 saturated heterocycles. The molecule has 0 saturated carbocycles. The van der Waals surface area contributed by atoms with E-state index in [0.29, 0.717) is 0 Å². The zero-order chi connectivity index (χ0) is 5.15. The summed E-state index contributed by atoms with van der Waals surface area (Å²) in [6.07, 6.45) is 0. The first-order valence-corrected chi connectivity index (χ1v) is 2.54. The first-order chi connectivity index (χ1) is 2.64. The first kappa shape index (κ1) is 11.5. The number of hydrogen-bond acceptors (Lipinski definition) is 3. The van der Waals surface area contributed by atoms with Gasteiger partial charge in [-0.15, -0.1) is 0 Å². The van der Waals surface area contributed by atoms with E-state index in [0.717, 1.165) is 0 Å². The van der Waals surface area contributed by atoms with E-state index in [4.69, 9.17) is 5.11 Å². The third-order valence-corrected chi connectivity index (χ3v) is 0.836. The molecular weight excluding hydrogens is 143 g/mol. The Bertz CT molecular complexity index is 64.0. The molecule has 0 heterocycles. The van der Waals surface area contributed by atoms with Crippen LogP contribution in [-0.4, -0.2) is 19.3 Å². The number of rotatable bonds is 1. The van der Waals surface area contributed by atoms with Crippen molar-refractivity contribution in [1.82, 2.24) is 0 Å².